The Morgan fingerprint density at radius 1 is 1.24 bits per heavy atom. The summed E-state index contributed by atoms with van der Waals surface area (Å²) in [5, 5.41) is 13.4. The molecule has 1 amide bonds. The van der Waals surface area contributed by atoms with E-state index in [1.54, 1.807) is 0 Å². The van der Waals surface area contributed by atoms with E-state index in [4.69, 9.17) is 0 Å². The second-order valence-electron chi connectivity index (χ2n) is 6.65. The van der Waals surface area contributed by atoms with Crippen molar-refractivity contribution in [1.29, 1.82) is 0 Å². The number of carbonyl (C=O) groups is 1. The van der Waals surface area contributed by atoms with Gasteiger partial charge in [0.2, 0.25) is 5.91 Å². The van der Waals surface area contributed by atoms with Crippen molar-refractivity contribution < 1.29 is 9.90 Å². The van der Waals surface area contributed by atoms with Crippen LogP contribution in [0.15, 0.2) is 24.3 Å². The van der Waals surface area contributed by atoms with E-state index in [-0.39, 0.29) is 18.1 Å². The van der Waals surface area contributed by atoms with Crippen molar-refractivity contribution in [3.8, 4) is 0 Å². The van der Waals surface area contributed by atoms with Gasteiger partial charge in [0, 0.05) is 25.6 Å². The minimum absolute atomic E-state index is 0.184. The lowest BCUT2D eigenvalue weighted by Gasteiger charge is -2.30. The minimum Gasteiger partial charge on any atom is -0.393 e. The molecule has 4 heteroatoms. The molecule has 1 aromatic rings. The topological polar surface area (TPSA) is 52.6 Å². The highest BCUT2D eigenvalue weighted by Gasteiger charge is 2.44. The molecule has 112 valence electrons. The van der Waals surface area contributed by atoms with Gasteiger partial charge in [-0.25, -0.2) is 0 Å². The highest BCUT2D eigenvalue weighted by Crippen LogP contribution is 2.39. The predicted molar refractivity (Wildman–Crippen MR) is 79.7 cm³/mol. The van der Waals surface area contributed by atoms with Gasteiger partial charge in [-0.15, -0.1) is 0 Å². The summed E-state index contributed by atoms with van der Waals surface area (Å²) in [6.07, 6.45) is 2.75. The van der Waals surface area contributed by atoms with Gasteiger partial charge in [0.15, 0.2) is 0 Å². The number of nitrogens with zero attached hydrogens (tertiary/aromatic N) is 1. The maximum atomic E-state index is 12.9. The summed E-state index contributed by atoms with van der Waals surface area (Å²) in [5.74, 6) is 0.985. The summed E-state index contributed by atoms with van der Waals surface area (Å²) in [4.78, 5) is 14.9. The fourth-order valence-corrected chi connectivity index (χ4v) is 4.32. The number of nitrogens with one attached hydrogen (secondary N) is 1. The standard InChI is InChI=1S/C17H22N2O2/c20-15-6-5-12-9-19(10-14(12)15)17(21)16-13-4-2-1-3-11(13)7-8-18-16/h1-4,12,14-16,18,20H,5-10H2. The van der Waals surface area contributed by atoms with E-state index < -0.39 is 0 Å². The van der Waals surface area contributed by atoms with Crippen LogP contribution in [0.3, 0.4) is 0 Å². The lowest BCUT2D eigenvalue weighted by molar-refractivity contribution is -0.133. The SMILES string of the molecule is O=C(C1NCCc2ccccc21)N1CC2CCC(O)C2C1. The van der Waals surface area contributed by atoms with Crippen LogP contribution >= 0.6 is 0 Å². The lowest BCUT2D eigenvalue weighted by atomic mass is 9.93. The number of hydrogen-bond donors (Lipinski definition) is 2. The molecule has 2 N–H and O–H groups in total. The summed E-state index contributed by atoms with van der Waals surface area (Å²) in [5.41, 5.74) is 2.42. The zero-order chi connectivity index (χ0) is 14.4. The molecule has 1 aromatic carbocycles. The Kier molecular flexibility index (Phi) is 3.23. The molecule has 2 fully saturated rings. The van der Waals surface area contributed by atoms with Crippen LogP contribution in [0.25, 0.3) is 0 Å². The number of aliphatic hydroxyl groups excluding tert-OH is 1. The first kappa shape index (κ1) is 13.3. The second kappa shape index (κ2) is 5.11. The Bertz CT molecular complexity index is 559. The van der Waals surface area contributed by atoms with Gasteiger partial charge in [0.05, 0.1) is 6.10 Å². The average molecular weight is 286 g/mol. The van der Waals surface area contributed by atoms with Crippen LogP contribution in [0.5, 0.6) is 0 Å². The van der Waals surface area contributed by atoms with Gasteiger partial charge in [-0.05, 0) is 36.3 Å². The predicted octanol–water partition coefficient (Wildman–Crippen LogP) is 1.10. The Hall–Kier alpha value is -1.39. The van der Waals surface area contributed by atoms with Gasteiger partial charge >= 0.3 is 0 Å². The Morgan fingerprint density at radius 3 is 2.95 bits per heavy atom. The highest BCUT2D eigenvalue weighted by atomic mass is 16.3. The van der Waals surface area contributed by atoms with Crippen LogP contribution in [0.1, 0.15) is 30.0 Å². The number of carbonyl (C=O) groups excluding carboxylic acids is 1. The van der Waals surface area contributed by atoms with Crippen LogP contribution in [0, 0.1) is 11.8 Å². The van der Waals surface area contributed by atoms with Crippen molar-refractivity contribution in [2.75, 3.05) is 19.6 Å². The highest BCUT2D eigenvalue weighted by molar-refractivity contribution is 5.84. The summed E-state index contributed by atoms with van der Waals surface area (Å²) < 4.78 is 0. The fourth-order valence-electron chi connectivity index (χ4n) is 4.32. The number of rotatable bonds is 1. The smallest absolute Gasteiger partial charge is 0.244 e. The quantitative estimate of drug-likeness (QED) is 0.813. The number of benzene rings is 1. The van der Waals surface area contributed by atoms with E-state index in [2.05, 4.69) is 17.4 Å². The van der Waals surface area contributed by atoms with Crippen molar-refractivity contribution >= 4 is 5.91 Å². The Labute approximate surface area is 125 Å². The van der Waals surface area contributed by atoms with E-state index in [1.807, 2.05) is 17.0 Å². The zero-order valence-corrected chi connectivity index (χ0v) is 12.2. The molecular weight excluding hydrogens is 264 g/mol. The van der Waals surface area contributed by atoms with Gasteiger partial charge < -0.3 is 15.3 Å². The number of fused-ring (bicyclic) bond motifs is 2. The van der Waals surface area contributed by atoms with E-state index in [0.717, 1.165) is 44.5 Å². The summed E-state index contributed by atoms with van der Waals surface area (Å²) >= 11 is 0. The number of hydrogen-bond acceptors (Lipinski definition) is 3. The molecular formula is C17H22N2O2. The molecule has 4 unspecified atom stereocenters. The van der Waals surface area contributed by atoms with Gasteiger partial charge in [0.25, 0.3) is 0 Å². The normalized spacial score (nSPS) is 34.6. The third-order valence-electron chi connectivity index (χ3n) is 5.49. The van der Waals surface area contributed by atoms with E-state index in [1.165, 1.54) is 5.56 Å². The van der Waals surface area contributed by atoms with Gasteiger partial charge in [-0.3, -0.25) is 4.79 Å². The number of amides is 1. The molecule has 0 spiro atoms. The third kappa shape index (κ3) is 2.17. The minimum atomic E-state index is -0.209. The summed E-state index contributed by atoms with van der Waals surface area (Å²) in [6.45, 7) is 2.41. The number of likely N-dealkylation sites (tertiary alicyclic amines) is 1. The Morgan fingerprint density at radius 2 is 2.10 bits per heavy atom. The molecule has 1 aliphatic carbocycles. The second-order valence-corrected chi connectivity index (χ2v) is 6.65. The number of aliphatic hydroxyl groups is 1. The van der Waals surface area contributed by atoms with Crippen molar-refractivity contribution in [3.63, 3.8) is 0 Å². The summed E-state index contributed by atoms with van der Waals surface area (Å²) in [6, 6.07) is 8.04. The maximum absolute atomic E-state index is 12.9. The molecule has 2 heterocycles. The zero-order valence-electron chi connectivity index (χ0n) is 12.2. The van der Waals surface area contributed by atoms with Gasteiger partial charge in [-0.2, -0.15) is 0 Å². The molecule has 4 atom stereocenters. The van der Waals surface area contributed by atoms with E-state index >= 15 is 0 Å². The largest absolute Gasteiger partial charge is 0.393 e. The molecule has 2 aliphatic heterocycles. The molecule has 3 aliphatic rings. The fraction of sp³-hybridized carbons (Fsp3) is 0.588. The monoisotopic (exact) mass is 286 g/mol. The molecule has 1 saturated heterocycles. The summed E-state index contributed by atoms with van der Waals surface area (Å²) in [7, 11) is 0. The van der Waals surface area contributed by atoms with E-state index in [0.29, 0.717) is 11.8 Å². The van der Waals surface area contributed by atoms with Gasteiger partial charge in [-0.1, -0.05) is 24.3 Å². The van der Waals surface area contributed by atoms with Crippen molar-refractivity contribution in [3.05, 3.63) is 35.4 Å². The first-order valence-electron chi connectivity index (χ1n) is 8.02. The maximum Gasteiger partial charge on any atom is 0.244 e. The van der Waals surface area contributed by atoms with E-state index in [9.17, 15) is 9.90 Å². The first-order valence-corrected chi connectivity index (χ1v) is 8.02. The van der Waals surface area contributed by atoms with Crippen LogP contribution in [-0.2, 0) is 11.2 Å². The lowest BCUT2D eigenvalue weighted by Crippen LogP contribution is -2.43. The van der Waals surface area contributed by atoms with Crippen molar-refractivity contribution in [1.82, 2.24) is 10.2 Å². The molecule has 0 bridgehead atoms. The van der Waals surface area contributed by atoms with Crippen molar-refractivity contribution in [2.45, 2.75) is 31.4 Å². The van der Waals surface area contributed by atoms with Gasteiger partial charge in [0.1, 0.15) is 6.04 Å². The third-order valence-corrected chi connectivity index (χ3v) is 5.49. The van der Waals surface area contributed by atoms with Crippen LogP contribution in [0.4, 0.5) is 0 Å². The molecule has 0 aromatic heterocycles. The molecule has 4 nitrogen and oxygen atoms in total. The van der Waals surface area contributed by atoms with Crippen molar-refractivity contribution in [2.24, 2.45) is 11.8 Å². The molecule has 21 heavy (non-hydrogen) atoms. The van der Waals surface area contributed by atoms with Crippen LogP contribution in [0.2, 0.25) is 0 Å². The molecule has 1 saturated carbocycles. The first-order chi connectivity index (χ1) is 10.2. The Balaban J connectivity index is 1.54. The van der Waals surface area contributed by atoms with Crippen LogP contribution < -0.4 is 5.32 Å². The average Bonchev–Trinajstić information content (AvgIpc) is 3.08. The molecule has 4 rings (SSSR count). The molecule has 0 radical (unpaired) electrons. The van der Waals surface area contributed by atoms with Crippen LogP contribution in [-0.4, -0.2) is 41.7 Å².